The smallest absolute Gasteiger partial charge is 0.274 e. The summed E-state index contributed by atoms with van der Waals surface area (Å²) in [6.07, 6.45) is 9.15. The number of carbonyl (C=O) groups is 1. The summed E-state index contributed by atoms with van der Waals surface area (Å²) in [5, 5.41) is 0. The number of nitrogens with zero attached hydrogens (tertiary/aromatic N) is 5. The van der Waals surface area contributed by atoms with Gasteiger partial charge in [-0.1, -0.05) is 0 Å². The number of aromatic nitrogens is 2. The van der Waals surface area contributed by atoms with E-state index in [1.54, 1.807) is 35.8 Å². The van der Waals surface area contributed by atoms with Crippen molar-refractivity contribution in [3.63, 3.8) is 0 Å². The Labute approximate surface area is 151 Å². The summed E-state index contributed by atoms with van der Waals surface area (Å²) in [4.78, 5) is 29.2. The van der Waals surface area contributed by atoms with Gasteiger partial charge < -0.3 is 15.5 Å². The minimum absolute atomic E-state index is 0.220. The van der Waals surface area contributed by atoms with E-state index in [1.165, 1.54) is 12.8 Å². The number of nitrogens with two attached hydrogens (primary N) is 1. The highest BCUT2D eigenvalue weighted by atomic mass is 16.2. The van der Waals surface area contributed by atoms with E-state index in [2.05, 4.69) is 19.9 Å². The Morgan fingerprint density at radius 3 is 2.69 bits per heavy atom. The maximum atomic E-state index is 12.4. The number of amides is 1. The Bertz CT molecular complexity index is 853. The van der Waals surface area contributed by atoms with Crippen molar-refractivity contribution >= 4 is 29.3 Å². The van der Waals surface area contributed by atoms with Crippen LogP contribution in [0.2, 0.25) is 0 Å². The molecule has 1 saturated heterocycles. The van der Waals surface area contributed by atoms with Crippen molar-refractivity contribution in [2.45, 2.75) is 12.8 Å². The monoisotopic (exact) mass is 348 g/mol. The third kappa shape index (κ3) is 3.15. The van der Waals surface area contributed by atoms with Crippen molar-refractivity contribution in [1.29, 1.82) is 0 Å². The quantitative estimate of drug-likeness (QED) is 0.854. The molecule has 2 aromatic rings. The molecular formula is C19H20N6O. The SMILES string of the molecule is NC1=C(C=Nc2ccc(N3CCCC3)nc2)CN(c2cccnc2)C1=O. The molecule has 1 fully saturated rings. The molecule has 26 heavy (non-hydrogen) atoms. The summed E-state index contributed by atoms with van der Waals surface area (Å²) in [6.45, 7) is 2.51. The minimum Gasteiger partial charge on any atom is -0.394 e. The Morgan fingerprint density at radius 1 is 1.15 bits per heavy atom. The van der Waals surface area contributed by atoms with Crippen LogP contribution in [0, 0.1) is 0 Å². The van der Waals surface area contributed by atoms with Crippen LogP contribution in [0.15, 0.2) is 59.1 Å². The summed E-state index contributed by atoms with van der Waals surface area (Å²) in [5.41, 5.74) is 8.35. The number of rotatable bonds is 4. The van der Waals surface area contributed by atoms with E-state index in [0.717, 1.165) is 30.3 Å². The summed E-state index contributed by atoms with van der Waals surface area (Å²) < 4.78 is 0. The normalized spacial score (nSPS) is 17.8. The average molecular weight is 348 g/mol. The van der Waals surface area contributed by atoms with Crippen molar-refractivity contribution in [1.82, 2.24) is 9.97 Å². The first-order valence-corrected chi connectivity index (χ1v) is 8.68. The van der Waals surface area contributed by atoms with Crippen LogP contribution in [0.3, 0.4) is 0 Å². The second-order valence-corrected chi connectivity index (χ2v) is 6.37. The Morgan fingerprint density at radius 2 is 2.00 bits per heavy atom. The van der Waals surface area contributed by atoms with E-state index in [-0.39, 0.29) is 11.6 Å². The van der Waals surface area contributed by atoms with Crippen LogP contribution in [-0.2, 0) is 4.79 Å². The second kappa shape index (κ2) is 6.95. The molecule has 0 unspecified atom stereocenters. The van der Waals surface area contributed by atoms with E-state index in [9.17, 15) is 4.79 Å². The third-order valence-electron chi connectivity index (χ3n) is 4.64. The zero-order valence-corrected chi connectivity index (χ0v) is 14.4. The number of aliphatic imine (C=N–C) groups is 1. The molecule has 7 heteroatoms. The van der Waals surface area contributed by atoms with Gasteiger partial charge in [-0.15, -0.1) is 0 Å². The molecule has 0 aliphatic carbocycles. The van der Waals surface area contributed by atoms with E-state index >= 15 is 0 Å². The predicted molar refractivity (Wildman–Crippen MR) is 102 cm³/mol. The maximum Gasteiger partial charge on any atom is 0.274 e. The molecule has 0 aromatic carbocycles. The standard InChI is InChI=1S/C19H20N6O/c20-18-14(13-25(19(18)26)16-4-3-7-21-12-16)10-22-15-5-6-17(23-11-15)24-8-1-2-9-24/h3-7,10-12H,1-2,8-9,13,20H2. The summed E-state index contributed by atoms with van der Waals surface area (Å²) in [7, 11) is 0. The number of carbonyl (C=O) groups excluding carboxylic acids is 1. The fraction of sp³-hybridized carbons (Fsp3) is 0.263. The van der Waals surface area contributed by atoms with Gasteiger partial charge in [-0.2, -0.15) is 0 Å². The molecule has 2 aliphatic heterocycles. The largest absolute Gasteiger partial charge is 0.394 e. The van der Waals surface area contributed by atoms with Crippen LogP contribution >= 0.6 is 0 Å². The topological polar surface area (TPSA) is 87.7 Å². The molecule has 0 spiro atoms. The molecule has 7 nitrogen and oxygen atoms in total. The number of pyridine rings is 2. The molecule has 1 amide bonds. The molecule has 0 radical (unpaired) electrons. The van der Waals surface area contributed by atoms with Gasteiger partial charge in [0.1, 0.15) is 11.5 Å². The molecular weight excluding hydrogens is 328 g/mol. The van der Waals surface area contributed by atoms with Gasteiger partial charge in [-0.3, -0.25) is 14.8 Å². The lowest BCUT2D eigenvalue weighted by atomic mass is 10.2. The molecule has 2 aromatic heterocycles. The molecule has 2 aliphatic rings. The molecule has 132 valence electrons. The highest BCUT2D eigenvalue weighted by Gasteiger charge is 2.28. The van der Waals surface area contributed by atoms with Crippen molar-refractivity contribution in [2.24, 2.45) is 10.7 Å². The first kappa shape index (κ1) is 16.3. The van der Waals surface area contributed by atoms with Gasteiger partial charge in [0.25, 0.3) is 5.91 Å². The zero-order chi connectivity index (χ0) is 17.9. The average Bonchev–Trinajstić information content (AvgIpc) is 3.31. The van der Waals surface area contributed by atoms with Gasteiger partial charge in [0, 0.05) is 31.1 Å². The van der Waals surface area contributed by atoms with Gasteiger partial charge in [0.15, 0.2) is 0 Å². The fourth-order valence-electron chi connectivity index (χ4n) is 3.18. The summed E-state index contributed by atoms with van der Waals surface area (Å²) >= 11 is 0. The van der Waals surface area contributed by atoms with Gasteiger partial charge >= 0.3 is 0 Å². The molecule has 2 N–H and O–H groups in total. The van der Waals surface area contributed by atoms with E-state index in [4.69, 9.17) is 5.73 Å². The number of anilines is 2. The fourth-order valence-corrected chi connectivity index (χ4v) is 3.18. The molecule has 4 rings (SSSR count). The van der Waals surface area contributed by atoms with Crippen LogP contribution in [0.1, 0.15) is 12.8 Å². The lowest BCUT2D eigenvalue weighted by Crippen LogP contribution is -2.28. The van der Waals surface area contributed by atoms with E-state index < -0.39 is 0 Å². The van der Waals surface area contributed by atoms with Crippen LogP contribution in [0.4, 0.5) is 17.2 Å². The second-order valence-electron chi connectivity index (χ2n) is 6.37. The van der Waals surface area contributed by atoms with Gasteiger partial charge in [0.2, 0.25) is 0 Å². The molecule has 0 saturated carbocycles. The first-order chi connectivity index (χ1) is 12.7. The summed E-state index contributed by atoms with van der Waals surface area (Å²) in [6, 6.07) is 7.54. The van der Waals surface area contributed by atoms with E-state index in [1.807, 2.05) is 18.2 Å². The van der Waals surface area contributed by atoms with Crippen LogP contribution < -0.4 is 15.5 Å². The van der Waals surface area contributed by atoms with Crippen molar-refractivity contribution < 1.29 is 4.79 Å². The third-order valence-corrected chi connectivity index (χ3v) is 4.64. The van der Waals surface area contributed by atoms with Gasteiger partial charge in [-0.25, -0.2) is 4.98 Å². The first-order valence-electron chi connectivity index (χ1n) is 8.68. The Kier molecular flexibility index (Phi) is 4.35. The predicted octanol–water partition coefficient (Wildman–Crippen LogP) is 2.04. The minimum atomic E-state index is -0.220. The molecule has 0 atom stereocenters. The van der Waals surface area contributed by atoms with Crippen LogP contribution in [0.5, 0.6) is 0 Å². The van der Waals surface area contributed by atoms with Crippen LogP contribution in [0.25, 0.3) is 0 Å². The van der Waals surface area contributed by atoms with E-state index in [0.29, 0.717) is 12.1 Å². The Hall–Kier alpha value is -3.22. The number of hydrogen-bond acceptors (Lipinski definition) is 6. The Balaban J connectivity index is 1.47. The molecule has 0 bridgehead atoms. The van der Waals surface area contributed by atoms with Gasteiger partial charge in [0.05, 0.1) is 30.3 Å². The lowest BCUT2D eigenvalue weighted by Gasteiger charge is -2.15. The molecule has 4 heterocycles. The highest BCUT2D eigenvalue weighted by molar-refractivity contribution is 6.13. The highest BCUT2D eigenvalue weighted by Crippen LogP contribution is 2.23. The van der Waals surface area contributed by atoms with Gasteiger partial charge in [-0.05, 0) is 37.1 Å². The summed E-state index contributed by atoms with van der Waals surface area (Å²) in [5.74, 6) is 0.765. The number of hydrogen-bond donors (Lipinski definition) is 1. The van der Waals surface area contributed by atoms with Crippen LogP contribution in [-0.4, -0.2) is 41.7 Å². The lowest BCUT2D eigenvalue weighted by molar-refractivity contribution is -0.114. The van der Waals surface area contributed by atoms with Crippen molar-refractivity contribution in [2.75, 3.05) is 29.4 Å². The zero-order valence-electron chi connectivity index (χ0n) is 14.4. The van der Waals surface area contributed by atoms with Crippen molar-refractivity contribution in [3.8, 4) is 0 Å². The maximum absolute atomic E-state index is 12.4. The van der Waals surface area contributed by atoms with Crippen molar-refractivity contribution in [3.05, 3.63) is 54.1 Å².